The van der Waals surface area contributed by atoms with Gasteiger partial charge in [0.2, 0.25) is 5.13 Å². The van der Waals surface area contributed by atoms with Crippen LogP contribution in [0.5, 0.6) is 0 Å². The van der Waals surface area contributed by atoms with E-state index in [1.54, 1.807) is 30.7 Å². The summed E-state index contributed by atoms with van der Waals surface area (Å²) in [7, 11) is 2.10. The summed E-state index contributed by atoms with van der Waals surface area (Å²) in [6.45, 7) is 3.71. The van der Waals surface area contributed by atoms with E-state index in [1.807, 2.05) is 12.1 Å². The number of rotatable bonds is 4. The predicted molar refractivity (Wildman–Crippen MR) is 125 cm³/mol. The molecule has 0 unspecified atom stereocenters. The third-order valence-corrected chi connectivity index (χ3v) is 6.13. The van der Waals surface area contributed by atoms with Gasteiger partial charge in [0.1, 0.15) is 11.6 Å². The molecule has 10 nitrogen and oxygen atoms in total. The monoisotopic (exact) mass is 447 g/mol. The fraction of sp³-hybridized carbons (Fsp3) is 0.238. The maximum absolute atomic E-state index is 12.9. The summed E-state index contributed by atoms with van der Waals surface area (Å²) in [5.74, 6) is 1.01. The Balaban J connectivity index is 1.36. The lowest BCUT2D eigenvalue weighted by molar-refractivity contribution is 0.102. The van der Waals surface area contributed by atoms with Crippen LogP contribution in [-0.2, 0) is 0 Å². The second kappa shape index (κ2) is 8.44. The highest BCUT2D eigenvalue weighted by molar-refractivity contribution is 7.18. The highest BCUT2D eigenvalue weighted by atomic mass is 32.1. The van der Waals surface area contributed by atoms with E-state index in [4.69, 9.17) is 5.73 Å². The molecule has 0 atom stereocenters. The molecule has 32 heavy (non-hydrogen) atoms. The van der Waals surface area contributed by atoms with Gasteiger partial charge in [0.05, 0.1) is 11.7 Å². The molecule has 3 N–H and O–H groups in total. The molecule has 1 amide bonds. The van der Waals surface area contributed by atoms with Crippen molar-refractivity contribution in [3.63, 3.8) is 0 Å². The quantitative estimate of drug-likeness (QED) is 0.484. The molecule has 1 fully saturated rings. The Hall–Kier alpha value is -3.70. The lowest BCUT2D eigenvalue weighted by atomic mass is 10.2. The normalized spacial score (nSPS) is 14.6. The van der Waals surface area contributed by atoms with Gasteiger partial charge in [-0.05, 0) is 31.3 Å². The van der Waals surface area contributed by atoms with Gasteiger partial charge in [-0.25, -0.2) is 9.97 Å². The van der Waals surface area contributed by atoms with E-state index in [0.717, 1.165) is 42.9 Å². The summed E-state index contributed by atoms with van der Waals surface area (Å²) in [4.78, 5) is 30.5. The van der Waals surface area contributed by atoms with Crippen molar-refractivity contribution in [2.75, 3.05) is 49.2 Å². The van der Waals surface area contributed by atoms with E-state index in [1.165, 1.54) is 11.3 Å². The van der Waals surface area contributed by atoms with Gasteiger partial charge in [0, 0.05) is 55.1 Å². The van der Waals surface area contributed by atoms with Crippen LogP contribution in [0, 0.1) is 0 Å². The Labute approximate surface area is 188 Å². The van der Waals surface area contributed by atoms with Crippen molar-refractivity contribution >= 4 is 44.9 Å². The van der Waals surface area contributed by atoms with Crippen LogP contribution in [0.4, 0.5) is 16.8 Å². The Kier molecular flexibility index (Phi) is 5.33. The molecule has 1 aliphatic heterocycles. The maximum atomic E-state index is 12.9. The molecule has 4 aromatic rings. The van der Waals surface area contributed by atoms with E-state index in [9.17, 15) is 4.79 Å². The number of carbonyl (C=O) groups is 1. The molecule has 0 spiro atoms. The largest absolute Gasteiger partial charge is 0.374 e. The summed E-state index contributed by atoms with van der Waals surface area (Å²) in [6.07, 6.45) is 5.00. The molecule has 1 saturated heterocycles. The molecule has 0 radical (unpaired) electrons. The fourth-order valence-electron chi connectivity index (χ4n) is 3.52. The lowest BCUT2D eigenvalue weighted by Gasteiger charge is -2.33. The van der Waals surface area contributed by atoms with Gasteiger partial charge >= 0.3 is 0 Å². The van der Waals surface area contributed by atoms with Gasteiger partial charge in [-0.3, -0.25) is 9.78 Å². The first-order chi connectivity index (χ1) is 15.5. The van der Waals surface area contributed by atoms with Crippen LogP contribution in [0.25, 0.3) is 21.5 Å². The molecule has 11 heteroatoms. The van der Waals surface area contributed by atoms with E-state index in [2.05, 4.69) is 47.3 Å². The molecule has 0 saturated carbocycles. The average Bonchev–Trinajstić information content (AvgIpc) is 3.25. The number of likely N-dealkylation sites (N-methyl/N-ethyl adjacent to an activating group) is 1. The second-order valence-corrected chi connectivity index (χ2v) is 8.59. The first-order valence-electron chi connectivity index (χ1n) is 10.1. The third kappa shape index (κ3) is 4.20. The van der Waals surface area contributed by atoms with Gasteiger partial charge in [0.15, 0.2) is 5.01 Å². The van der Waals surface area contributed by atoms with Crippen molar-refractivity contribution in [2.45, 2.75) is 0 Å². The number of pyridine rings is 3. The molecular weight excluding hydrogens is 426 g/mol. The van der Waals surface area contributed by atoms with Crippen LogP contribution < -0.4 is 16.0 Å². The molecular formula is C21H21N9OS. The minimum Gasteiger partial charge on any atom is -0.374 e. The van der Waals surface area contributed by atoms with Crippen LogP contribution in [-0.4, -0.2) is 69.2 Å². The van der Waals surface area contributed by atoms with Crippen LogP contribution in [0.3, 0.4) is 0 Å². The minimum absolute atomic E-state index is 0.240. The predicted octanol–water partition coefficient (Wildman–Crippen LogP) is 2.13. The number of nitrogens with zero attached hydrogens (tertiary/aromatic N) is 7. The number of fused-ring (bicyclic) bond motifs is 1. The summed E-state index contributed by atoms with van der Waals surface area (Å²) in [6, 6.07) is 7.24. The van der Waals surface area contributed by atoms with Crippen LogP contribution >= 0.6 is 11.3 Å². The number of hydrogen-bond acceptors (Lipinski definition) is 10. The highest BCUT2D eigenvalue weighted by Crippen LogP contribution is 2.27. The Morgan fingerprint density at radius 2 is 1.91 bits per heavy atom. The van der Waals surface area contributed by atoms with Gasteiger partial charge in [0.25, 0.3) is 5.91 Å². The summed E-state index contributed by atoms with van der Waals surface area (Å²) < 4.78 is 0. The minimum atomic E-state index is -0.240. The molecule has 0 aliphatic carbocycles. The average molecular weight is 448 g/mol. The van der Waals surface area contributed by atoms with Crippen LogP contribution in [0.2, 0.25) is 0 Å². The Bertz CT molecular complexity index is 1280. The number of nitrogen functional groups attached to an aromatic ring is 1. The lowest BCUT2D eigenvalue weighted by Crippen LogP contribution is -2.44. The topological polar surface area (TPSA) is 126 Å². The van der Waals surface area contributed by atoms with Crippen LogP contribution in [0.15, 0.2) is 42.9 Å². The molecule has 1 aliphatic rings. The Morgan fingerprint density at radius 3 is 2.69 bits per heavy atom. The smallest absolute Gasteiger partial charge is 0.257 e. The van der Waals surface area contributed by atoms with E-state index >= 15 is 0 Å². The molecule has 0 aromatic carbocycles. The zero-order valence-electron chi connectivity index (χ0n) is 17.4. The molecule has 4 aromatic heterocycles. The molecule has 0 bridgehead atoms. The fourth-order valence-corrected chi connectivity index (χ4v) is 4.12. The standard InChI is InChI=1S/C21H21N9OS/c1-29-4-6-30(7-5-29)18-10-13(2-3-23-18)19(31)26-17-9-14-8-15(11-24-16(14)12-25-17)20-27-28-21(22)32-20/h2-3,8-12H,4-7H2,1H3,(H2,22,28)(H,25,26,31). The van der Waals surface area contributed by atoms with E-state index in [-0.39, 0.29) is 5.91 Å². The third-order valence-electron chi connectivity index (χ3n) is 5.33. The number of piperazine rings is 1. The van der Waals surface area contributed by atoms with E-state index in [0.29, 0.717) is 27.0 Å². The van der Waals surface area contributed by atoms with Crippen LogP contribution in [0.1, 0.15) is 10.4 Å². The van der Waals surface area contributed by atoms with E-state index < -0.39 is 0 Å². The first-order valence-corrected chi connectivity index (χ1v) is 10.9. The molecule has 5 rings (SSSR count). The van der Waals surface area contributed by atoms with Gasteiger partial charge < -0.3 is 20.9 Å². The summed E-state index contributed by atoms with van der Waals surface area (Å²) >= 11 is 1.29. The number of amides is 1. The molecule has 5 heterocycles. The highest BCUT2D eigenvalue weighted by Gasteiger charge is 2.17. The van der Waals surface area contributed by atoms with Crippen molar-refractivity contribution in [3.8, 4) is 10.6 Å². The van der Waals surface area contributed by atoms with Gasteiger partial charge in [-0.15, -0.1) is 10.2 Å². The van der Waals surface area contributed by atoms with Crippen molar-refractivity contribution in [2.24, 2.45) is 0 Å². The second-order valence-electron chi connectivity index (χ2n) is 7.58. The summed E-state index contributed by atoms with van der Waals surface area (Å²) in [5, 5.41) is 12.7. The number of nitrogens with two attached hydrogens (primary N) is 1. The van der Waals surface area contributed by atoms with Crippen molar-refractivity contribution in [3.05, 3.63) is 48.4 Å². The van der Waals surface area contributed by atoms with Crippen molar-refractivity contribution in [1.29, 1.82) is 0 Å². The van der Waals surface area contributed by atoms with Crippen molar-refractivity contribution < 1.29 is 4.79 Å². The zero-order valence-corrected chi connectivity index (χ0v) is 18.2. The summed E-state index contributed by atoms with van der Waals surface area (Å²) in [5.41, 5.74) is 7.74. The number of aromatic nitrogens is 5. The van der Waals surface area contributed by atoms with Gasteiger partial charge in [-0.1, -0.05) is 11.3 Å². The van der Waals surface area contributed by atoms with Gasteiger partial charge in [-0.2, -0.15) is 0 Å². The van der Waals surface area contributed by atoms with Crippen molar-refractivity contribution in [1.82, 2.24) is 30.0 Å². The SMILES string of the molecule is CN1CCN(c2cc(C(=O)Nc3cc4cc(-c5nnc(N)s5)cnc4cn3)ccn2)CC1. The number of nitrogens with one attached hydrogen (secondary N) is 1. The zero-order chi connectivity index (χ0) is 22.1. The number of hydrogen-bond donors (Lipinski definition) is 2. The first kappa shape index (κ1) is 20.2. The number of carbonyl (C=O) groups excluding carboxylic acids is 1. The number of anilines is 3. The molecule has 162 valence electrons. The maximum Gasteiger partial charge on any atom is 0.257 e. The Morgan fingerprint density at radius 1 is 1.06 bits per heavy atom.